The fraction of sp³-hybridized carbons (Fsp3) is 0.786. The van der Waals surface area contributed by atoms with E-state index >= 15 is 0 Å². The van der Waals surface area contributed by atoms with E-state index in [0.29, 0.717) is 5.92 Å². The molecule has 0 nitrogen and oxygen atoms in total. The van der Waals surface area contributed by atoms with Crippen molar-refractivity contribution < 1.29 is 0 Å². The third-order valence-electron chi connectivity index (χ3n) is 6.99. The molecule has 0 aromatic heterocycles. The zero-order chi connectivity index (χ0) is 22.3. The summed E-state index contributed by atoms with van der Waals surface area (Å²) >= 11 is 0. The average Bonchev–Trinajstić information content (AvgIpc) is 2.30. The first kappa shape index (κ1) is 23.5. The molecular formula is C28H48. The van der Waals surface area contributed by atoms with Crippen LogP contribution in [0.2, 0.25) is 0 Å². The van der Waals surface area contributed by atoms with Crippen LogP contribution in [0.1, 0.15) is 104 Å². The molecule has 0 bridgehead atoms. The van der Waals surface area contributed by atoms with Crippen LogP contribution in [0.4, 0.5) is 0 Å². The predicted octanol–water partition coefficient (Wildman–Crippen LogP) is 9.00. The molecule has 28 heavy (non-hydrogen) atoms. The van der Waals surface area contributed by atoms with Crippen molar-refractivity contribution in [2.24, 2.45) is 38.4 Å². The lowest BCUT2D eigenvalue weighted by molar-refractivity contribution is 0.0505. The van der Waals surface area contributed by atoms with Crippen LogP contribution >= 0.6 is 0 Å². The number of rotatable bonds is 1. The van der Waals surface area contributed by atoms with Gasteiger partial charge in [0.15, 0.2) is 0 Å². The van der Waals surface area contributed by atoms with Gasteiger partial charge < -0.3 is 0 Å². The van der Waals surface area contributed by atoms with E-state index in [-0.39, 0.29) is 32.5 Å². The van der Waals surface area contributed by atoms with Gasteiger partial charge in [0.1, 0.15) is 0 Å². The van der Waals surface area contributed by atoms with Crippen LogP contribution in [-0.4, -0.2) is 0 Å². The molecule has 0 fully saturated rings. The highest BCUT2D eigenvalue weighted by Gasteiger charge is 2.66. The number of allylic oxidation sites excluding steroid dienone is 6. The number of hydrogen-bond donors (Lipinski definition) is 0. The Bertz CT molecular complexity index is 714. The highest BCUT2D eigenvalue weighted by molar-refractivity contribution is 5.64. The van der Waals surface area contributed by atoms with Crippen molar-refractivity contribution in [3.05, 3.63) is 34.4 Å². The highest BCUT2D eigenvalue weighted by Crippen LogP contribution is 2.75. The van der Waals surface area contributed by atoms with Crippen molar-refractivity contribution in [3.8, 4) is 0 Å². The van der Waals surface area contributed by atoms with Crippen LogP contribution in [0.25, 0.3) is 0 Å². The molecule has 0 aromatic rings. The molecule has 0 saturated heterocycles. The first-order valence-electron chi connectivity index (χ1n) is 11.3. The van der Waals surface area contributed by atoms with E-state index in [4.69, 9.17) is 0 Å². The molecule has 160 valence electrons. The highest BCUT2D eigenvalue weighted by atomic mass is 14.7. The van der Waals surface area contributed by atoms with E-state index < -0.39 is 0 Å². The zero-order valence-electron chi connectivity index (χ0n) is 21.7. The fourth-order valence-electron chi connectivity index (χ4n) is 5.92. The lowest BCUT2D eigenvalue weighted by Crippen LogP contribution is -2.60. The SMILES string of the molecule is CC(C)(C)C1=CC2(C(C)(C)C)C(C=C(C(C)(C)C)C(C)(C)C)=C(C(C)(C)C)C12. The summed E-state index contributed by atoms with van der Waals surface area (Å²) in [6.45, 7) is 36.0. The molecule has 2 aliphatic rings. The zero-order valence-corrected chi connectivity index (χ0v) is 21.7. The van der Waals surface area contributed by atoms with Crippen LogP contribution in [-0.2, 0) is 0 Å². The Morgan fingerprint density at radius 2 is 1.14 bits per heavy atom. The van der Waals surface area contributed by atoms with Gasteiger partial charge >= 0.3 is 0 Å². The topological polar surface area (TPSA) is 0 Å². The molecule has 0 amide bonds. The monoisotopic (exact) mass is 384 g/mol. The summed E-state index contributed by atoms with van der Waals surface area (Å²) < 4.78 is 0. The second kappa shape index (κ2) is 6.12. The summed E-state index contributed by atoms with van der Waals surface area (Å²) in [4.78, 5) is 0. The second-order valence-electron chi connectivity index (χ2n) is 14.5. The van der Waals surface area contributed by atoms with Gasteiger partial charge in [0.05, 0.1) is 0 Å². The summed E-state index contributed by atoms with van der Waals surface area (Å²) in [6, 6.07) is 0. The average molecular weight is 385 g/mol. The van der Waals surface area contributed by atoms with Gasteiger partial charge in [0, 0.05) is 11.3 Å². The van der Waals surface area contributed by atoms with Crippen molar-refractivity contribution in [2.45, 2.75) is 104 Å². The van der Waals surface area contributed by atoms with Crippen LogP contribution in [0.15, 0.2) is 34.4 Å². The normalized spacial score (nSPS) is 26.2. The van der Waals surface area contributed by atoms with Crippen LogP contribution in [0.3, 0.4) is 0 Å². The van der Waals surface area contributed by atoms with Crippen molar-refractivity contribution >= 4 is 0 Å². The molecule has 0 spiro atoms. The lowest BCUT2D eigenvalue weighted by atomic mass is 9.34. The van der Waals surface area contributed by atoms with E-state index in [9.17, 15) is 0 Å². The summed E-state index contributed by atoms with van der Waals surface area (Å²) in [7, 11) is 0. The maximum absolute atomic E-state index is 2.65. The number of fused-ring (bicyclic) bond motifs is 1. The Balaban J connectivity index is 2.83. The minimum Gasteiger partial charge on any atom is -0.0721 e. The Labute approximate surface area is 177 Å². The molecule has 0 aromatic carbocycles. The van der Waals surface area contributed by atoms with Crippen molar-refractivity contribution in [2.75, 3.05) is 0 Å². The van der Waals surface area contributed by atoms with Crippen LogP contribution in [0, 0.1) is 38.4 Å². The van der Waals surface area contributed by atoms with E-state index in [1.165, 1.54) is 0 Å². The Morgan fingerprint density at radius 3 is 1.43 bits per heavy atom. The molecule has 0 aliphatic heterocycles. The van der Waals surface area contributed by atoms with E-state index in [1.54, 1.807) is 22.3 Å². The summed E-state index contributed by atoms with van der Waals surface area (Å²) in [6.07, 6.45) is 5.28. The van der Waals surface area contributed by atoms with Gasteiger partial charge in [-0.25, -0.2) is 0 Å². The number of hydrogen-bond acceptors (Lipinski definition) is 0. The molecule has 2 aliphatic carbocycles. The van der Waals surface area contributed by atoms with Gasteiger partial charge in [0.2, 0.25) is 0 Å². The van der Waals surface area contributed by atoms with Crippen molar-refractivity contribution in [1.29, 1.82) is 0 Å². The van der Waals surface area contributed by atoms with Gasteiger partial charge in [-0.05, 0) is 32.6 Å². The van der Waals surface area contributed by atoms with Crippen LogP contribution < -0.4 is 0 Å². The predicted molar refractivity (Wildman–Crippen MR) is 126 cm³/mol. The maximum atomic E-state index is 2.65. The standard InChI is InChI=1S/C28H48/c1-23(2,3)19-17-28(27(13,14)15)18(21(22(19)28)26(10,11)12)16-20(24(4,5)6)25(7,8)9/h16-17,22H,1-15H3. The Hall–Kier alpha value is -0.780. The summed E-state index contributed by atoms with van der Waals surface area (Å²) in [5.74, 6) is 0.597. The van der Waals surface area contributed by atoms with Gasteiger partial charge in [-0.3, -0.25) is 0 Å². The molecule has 0 heteroatoms. The minimum absolute atomic E-state index is 0.165. The van der Waals surface area contributed by atoms with Gasteiger partial charge in [-0.1, -0.05) is 133 Å². The van der Waals surface area contributed by atoms with Gasteiger partial charge in [-0.2, -0.15) is 0 Å². The Kier molecular flexibility index (Phi) is 5.13. The molecule has 0 saturated carbocycles. The third kappa shape index (κ3) is 3.48. The van der Waals surface area contributed by atoms with Crippen molar-refractivity contribution in [1.82, 2.24) is 0 Å². The maximum Gasteiger partial charge on any atom is 0.0287 e. The van der Waals surface area contributed by atoms with E-state index in [1.807, 2.05) is 0 Å². The van der Waals surface area contributed by atoms with E-state index in [2.05, 4.69) is 116 Å². The van der Waals surface area contributed by atoms with Gasteiger partial charge in [-0.15, -0.1) is 0 Å². The van der Waals surface area contributed by atoms with Crippen LogP contribution in [0.5, 0.6) is 0 Å². The third-order valence-corrected chi connectivity index (χ3v) is 6.99. The molecule has 0 radical (unpaired) electrons. The molecule has 2 unspecified atom stereocenters. The quantitative estimate of drug-likeness (QED) is 0.396. The molecular weight excluding hydrogens is 336 g/mol. The molecule has 2 atom stereocenters. The Morgan fingerprint density at radius 1 is 0.714 bits per heavy atom. The molecule has 0 N–H and O–H groups in total. The smallest absolute Gasteiger partial charge is 0.0287 e. The molecule has 2 rings (SSSR count). The van der Waals surface area contributed by atoms with E-state index in [0.717, 1.165) is 0 Å². The first-order chi connectivity index (χ1) is 12.1. The fourth-order valence-corrected chi connectivity index (χ4v) is 5.92. The summed E-state index contributed by atoms with van der Waals surface area (Å²) in [5, 5.41) is 0. The largest absolute Gasteiger partial charge is 0.0721 e. The van der Waals surface area contributed by atoms with Crippen molar-refractivity contribution in [3.63, 3.8) is 0 Å². The first-order valence-corrected chi connectivity index (χ1v) is 11.3. The second-order valence-corrected chi connectivity index (χ2v) is 14.5. The molecule has 0 heterocycles. The summed E-state index contributed by atoms with van der Waals surface area (Å²) in [5.41, 5.74) is 7.67. The lowest BCUT2D eigenvalue weighted by Gasteiger charge is -2.69. The minimum atomic E-state index is 0.165. The van der Waals surface area contributed by atoms with Gasteiger partial charge in [0.25, 0.3) is 0 Å².